The molecule has 0 unspecified atom stereocenters. The van der Waals surface area contributed by atoms with E-state index in [9.17, 15) is 0 Å². The Kier molecular flexibility index (Phi) is 4.05. The highest BCUT2D eigenvalue weighted by Crippen LogP contribution is 2.38. The molecule has 0 amide bonds. The van der Waals surface area contributed by atoms with Gasteiger partial charge in [-0.25, -0.2) is 0 Å². The maximum Gasteiger partial charge on any atom is 0.163 e. The van der Waals surface area contributed by atoms with Crippen LogP contribution in [0.5, 0.6) is 11.5 Å². The Labute approximate surface area is 117 Å². The molecule has 4 heteroatoms. The molecule has 0 aromatic heterocycles. The quantitative estimate of drug-likeness (QED) is 0.912. The normalized spacial score (nSPS) is 14.4. The summed E-state index contributed by atoms with van der Waals surface area (Å²) in [6, 6.07) is 3.97. The van der Waals surface area contributed by atoms with Crippen LogP contribution in [0.1, 0.15) is 27.2 Å². The zero-order valence-electron chi connectivity index (χ0n) is 11.2. The van der Waals surface area contributed by atoms with Gasteiger partial charge in [-0.2, -0.15) is 0 Å². The summed E-state index contributed by atoms with van der Waals surface area (Å²) in [7, 11) is 0. The maximum absolute atomic E-state index is 5.58. The van der Waals surface area contributed by atoms with Crippen molar-refractivity contribution >= 4 is 21.6 Å². The molecule has 0 fully saturated rings. The van der Waals surface area contributed by atoms with Gasteiger partial charge in [-0.05, 0) is 27.8 Å². The lowest BCUT2D eigenvalue weighted by atomic mass is 9.92. The minimum absolute atomic E-state index is 0.341. The molecule has 1 aromatic rings. The Morgan fingerprint density at radius 3 is 2.39 bits per heavy atom. The van der Waals surface area contributed by atoms with E-state index in [4.69, 9.17) is 9.47 Å². The minimum Gasteiger partial charge on any atom is -0.486 e. The second kappa shape index (κ2) is 5.39. The fourth-order valence-corrected chi connectivity index (χ4v) is 2.23. The molecule has 0 bridgehead atoms. The van der Waals surface area contributed by atoms with E-state index in [0.717, 1.165) is 34.6 Å². The summed E-state index contributed by atoms with van der Waals surface area (Å²) in [6.07, 6.45) is 1.12. The Hall–Kier alpha value is -0.900. The molecule has 0 saturated carbocycles. The van der Waals surface area contributed by atoms with Crippen LogP contribution in [0.3, 0.4) is 0 Å². The summed E-state index contributed by atoms with van der Waals surface area (Å²) < 4.78 is 12.1. The summed E-state index contributed by atoms with van der Waals surface area (Å²) in [5, 5.41) is 3.44. The number of hydrogen-bond acceptors (Lipinski definition) is 3. The standard InChI is InChI=1S/C14H20BrNO2/c1-14(2,3)4-5-16-11-9-13-12(8-10(11)15)17-6-7-18-13/h8-9,16H,4-7H2,1-3H3. The van der Waals surface area contributed by atoms with Crippen molar-refractivity contribution in [2.45, 2.75) is 27.2 Å². The van der Waals surface area contributed by atoms with Gasteiger partial charge in [0.25, 0.3) is 0 Å². The molecule has 2 rings (SSSR count). The molecule has 0 saturated heterocycles. The predicted octanol–water partition coefficient (Wildman–Crippen LogP) is 4.07. The first-order valence-corrected chi connectivity index (χ1v) is 7.08. The third-order valence-corrected chi connectivity index (χ3v) is 3.48. The highest BCUT2D eigenvalue weighted by molar-refractivity contribution is 9.10. The van der Waals surface area contributed by atoms with Crippen LogP contribution in [-0.2, 0) is 0 Å². The van der Waals surface area contributed by atoms with Crippen LogP contribution < -0.4 is 14.8 Å². The van der Waals surface area contributed by atoms with Crippen molar-refractivity contribution < 1.29 is 9.47 Å². The van der Waals surface area contributed by atoms with Crippen LogP contribution in [0, 0.1) is 5.41 Å². The first-order chi connectivity index (χ1) is 8.46. The summed E-state index contributed by atoms with van der Waals surface area (Å²) in [5.41, 5.74) is 1.40. The highest BCUT2D eigenvalue weighted by Gasteiger charge is 2.15. The Bertz CT molecular complexity index is 427. The second-order valence-corrected chi connectivity index (χ2v) is 6.57. The number of hydrogen-bond donors (Lipinski definition) is 1. The maximum atomic E-state index is 5.58. The van der Waals surface area contributed by atoms with E-state index in [1.165, 1.54) is 0 Å². The monoisotopic (exact) mass is 313 g/mol. The van der Waals surface area contributed by atoms with Crippen molar-refractivity contribution in [3.63, 3.8) is 0 Å². The SMILES string of the molecule is CC(C)(C)CCNc1cc2c(cc1Br)OCCO2. The molecule has 0 spiro atoms. The number of rotatable bonds is 3. The molecule has 1 N–H and O–H groups in total. The zero-order valence-corrected chi connectivity index (χ0v) is 12.8. The number of nitrogens with one attached hydrogen (secondary N) is 1. The van der Waals surface area contributed by atoms with E-state index < -0.39 is 0 Å². The van der Waals surface area contributed by atoms with Crippen LogP contribution >= 0.6 is 15.9 Å². The van der Waals surface area contributed by atoms with Crippen molar-refractivity contribution in [1.29, 1.82) is 0 Å². The molecule has 1 aromatic carbocycles. The van der Waals surface area contributed by atoms with Crippen molar-refractivity contribution in [3.05, 3.63) is 16.6 Å². The van der Waals surface area contributed by atoms with Gasteiger partial charge in [0.1, 0.15) is 13.2 Å². The van der Waals surface area contributed by atoms with Gasteiger partial charge in [0.05, 0.1) is 5.69 Å². The first kappa shape index (κ1) is 13.5. The van der Waals surface area contributed by atoms with Gasteiger partial charge >= 0.3 is 0 Å². The lowest BCUT2D eigenvalue weighted by Gasteiger charge is -2.22. The molecule has 18 heavy (non-hydrogen) atoms. The molecule has 0 atom stereocenters. The fourth-order valence-electron chi connectivity index (χ4n) is 1.77. The number of anilines is 1. The molecule has 1 heterocycles. The molecule has 0 aliphatic carbocycles. The lowest BCUT2D eigenvalue weighted by Crippen LogP contribution is -2.16. The number of halogens is 1. The predicted molar refractivity (Wildman–Crippen MR) is 77.7 cm³/mol. The topological polar surface area (TPSA) is 30.5 Å². The highest BCUT2D eigenvalue weighted by atomic mass is 79.9. The van der Waals surface area contributed by atoms with Crippen LogP contribution in [0.4, 0.5) is 5.69 Å². The molecule has 1 aliphatic rings. The van der Waals surface area contributed by atoms with Crippen LogP contribution in [0.15, 0.2) is 16.6 Å². The van der Waals surface area contributed by atoms with Crippen LogP contribution in [0.2, 0.25) is 0 Å². The summed E-state index contributed by atoms with van der Waals surface area (Å²) in [4.78, 5) is 0. The average molecular weight is 314 g/mol. The van der Waals surface area contributed by atoms with Crippen molar-refractivity contribution in [3.8, 4) is 11.5 Å². The van der Waals surface area contributed by atoms with E-state index in [1.807, 2.05) is 12.1 Å². The molecular weight excluding hydrogens is 294 g/mol. The van der Waals surface area contributed by atoms with E-state index in [-0.39, 0.29) is 0 Å². The van der Waals surface area contributed by atoms with E-state index in [1.54, 1.807) is 0 Å². The molecule has 3 nitrogen and oxygen atoms in total. The van der Waals surface area contributed by atoms with Gasteiger partial charge in [0, 0.05) is 23.2 Å². The third-order valence-electron chi connectivity index (χ3n) is 2.82. The second-order valence-electron chi connectivity index (χ2n) is 5.71. The fraction of sp³-hybridized carbons (Fsp3) is 0.571. The Balaban J connectivity index is 2.04. The van der Waals surface area contributed by atoms with Gasteiger partial charge in [-0.15, -0.1) is 0 Å². The number of fused-ring (bicyclic) bond motifs is 1. The smallest absolute Gasteiger partial charge is 0.163 e. The largest absolute Gasteiger partial charge is 0.486 e. The summed E-state index contributed by atoms with van der Waals surface area (Å²) >= 11 is 3.56. The van der Waals surface area contributed by atoms with Crippen LogP contribution in [-0.4, -0.2) is 19.8 Å². The van der Waals surface area contributed by atoms with Crippen molar-refractivity contribution in [2.75, 3.05) is 25.1 Å². The van der Waals surface area contributed by atoms with Gasteiger partial charge in [-0.1, -0.05) is 20.8 Å². The van der Waals surface area contributed by atoms with Gasteiger partial charge < -0.3 is 14.8 Å². The Morgan fingerprint density at radius 1 is 1.17 bits per heavy atom. The third kappa shape index (κ3) is 3.55. The molecule has 100 valence electrons. The van der Waals surface area contributed by atoms with Gasteiger partial charge in [0.2, 0.25) is 0 Å². The van der Waals surface area contributed by atoms with E-state index in [2.05, 4.69) is 42.0 Å². The summed E-state index contributed by atoms with van der Waals surface area (Å²) in [5.74, 6) is 1.64. The summed E-state index contributed by atoms with van der Waals surface area (Å²) in [6.45, 7) is 8.92. The van der Waals surface area contributed by atoms with Gasteiger partial charge in [0.15, 0.2) is 11.5 Å². The van der Waals surface area contributed by atoms with E-state index >= 15 is 0 Å². The number of benzene rings is 1. The van der Waals surface area contributed by atoms with Crippen LogP contribution in [0.25, 0.3) is 0 Å². The minimum atomic E-state index is 0.341. The molecule has 0 radical (unpaired) electrons. The zero-order chi connectivity index (χ0) is 13.2. The molecule has 1 aliphatic heterocycles. The molecular formula is C14H20BrNO2. The lowest BCUT2D eigenvalue weighted by molar-refractivity contribution is 0.171. The number of ether oxygens (including phenoxy) is 2. The van der Waals surface area contributed by atoms with Crippen molar-refractivity contribution in [2.24, 2.45) is 5.41 Å². The van der Waals surface area contributed by atoms with Crippen molar-refractivity contribution in [1.82, 2.24) is 0 Å². The average Bonchev–Trinajstić information content (AvgIpc) is 2.28. The van der Waals surface area contributed by atoms with Gasteiger partial charge in [-0.3, -0.25) is 0 Å². The van der Waals surface area contributed by atoms with E-state index in [0.29, 0.717) is 18.6 Å². The first-order valence-electron chi connectivity index (χ1n) is 6.29. The Morgan fingerprint density at radius 2 is 1.78 bits per heavy atom.